The first-order valence-corrected chi connectivity index (χ1v) is 8.52. The standard InChI is InChI=1S/C17H14N4O5S/c1-25-13-6-2-11(3-7-13)16(22)18-17-20-19-15(27-17)10-26-14-8-4-12(5-9-14)21(23)24/h2-9H,10H2,1H3,(H,18,20,22). The molecule has 1 N–H and O–H groups in total. The van der Waals surface area contributed by atoms with Gasteiger partial charge in [-0.25, -0.2) is 0 Å². The van der Waals surface area contributed by atoms with E-state index in [2.05, 4.69) is 15.5 Å². The summed E-state index contributed by atoms with van der Waals surface area (Å²) >= 11 is 1.18. The first kappa shape index (κ1) is 18.3. The molecule has 3 rings (SSSR count). The van der Waals surface area contributed by atoms with Crippen molar-refractivity contribution in [3.63, 3.8) is 0 Å². The Hall–Kier alpha value is -3.53. The van der Waals surface area contributed by atoms with Gasteiger partial charge in [0.15, 0.2) is 5.01 Å². The number of hydrogen-bond acceptors (Lipinski definition) is 8. The molecule has 0 atom stereocenters. The summed E-state index contributed by atoms with van der Waals surface area (Å²) in [7, 11) is 1.55. The van der Waals surface area contributed by atoms with E-state index in [0.717, 1.165) is 0 Å². The minimum Gasteiger partial charge on any atom is -0.497 e. The lowest BCUT2D eigenvalue weighted by atomic mass is 10.2. The SMILES string of the molecule is COc1ccc(C(=O)Nc2nnc(COc3ccc([N+](=O)[O-])cc3)s2)cc1. The number of rotatable bonds is 7. The van der Waals surface area contributed by atoms with Gasteiger partial charge in [0.05, 0.1) is 12.0 Å². The molecule has 27 heavy (non-hydrogen) atoms. The Morgan fingerprint density at radius 2 is 1.78 bits per heavy atom. The third-order valence-electron chi connectivity index (χ3n) is 3.45. The Balaban J connectivity index is 1.56. The average molecular weight is 386 g/mol. The van der Waals surface area contributed by atoms with Gasteiger partial charge in [0.25, 0.3) is 11.6 Å². The van der Waals surface area contributed by atoms with Crippen LogP contribution < -0.4 is 14.8 Å². The topological polar surface area (TPSA) is 116 Å². The summed E-state index contributed by atoms with van der Waals surface area (Å²) in [6.07, 6.45) is 0. The second-order valence-electron chi connectivity index (χ2n) is 5.22. The Morgan fingerprint density at radius 3 is 2.41 bits per heavy atom. The molecule has 1 heterocycles. The number of nitro benzene ring substituents is 1. The van der Waals surface area contributed by atoms with Crippen LogP contribution in [0.25, 0.3) is 0 Å². The summed E-state index contributed by atoms with van der Waals surface area (Å²) < 4.78 is 10.6. The van der Waals surface area contributed by atoms with Crippen molar-refractivity contribution in [2.24, 2.45) is 0 Å². The van der Waals surface area contributed by atoms with Gasteiger partial charge in [0, 0.05) is 17.7 Å². The Morgan fingerprint density at radius 1 is 1.11 bits per heavy atom. The molecule has 0 unspecified atom stereocenters. The summed E-state index contributed by atoms with van der Waals surface area (Å²) in [5.74, 6) is 0.824. The van der Waals surface area contributed by atoms with E-state index < -0.39 is 4.92 Å². The van der Waals surface area contributed by atoms with Crippen LogP contribution in [-0.4, -0.2) is 28.1 Å². The van der Waals surface area contributed by atoms with Crippen LogP contribution in [-0.2, 0) is 6.61 Å². The molecule has 0 radical (unpaired) electrons. The number of hydrogen-bond donors (Lipinski definition) is 1. The Labute approximate surface area is 157 Å². The lowest BCUT2D eigenvalue weighted by Crippen LogP contribution is -2.11. The van der Waals surface area contributed by atoms with Crippen molar-refractivity contribution in [1.29, 1.82) is 0 Å². The fourth-order valence-electron chi connectivity index (χ4n) is 2.08. The number of methoxy groups -OCH3 is 1. The maximum absolute atomic E-state index is 12.2. The van der Waals surface area contributed by atoms with E-state index in [0.29, 0.717) is 27.2 Å². The maximum Gasteiger partial charge on any atom is 0.269 e. The monoisotopic (exact) mass is 386 g/mol. The van der Waals surface area contributed by atoms with Crippen molar-refractivity contribution in [2.75, 3.05) is 12.4 Å². The zero-order chi connectivity index (χ0) is 19.2. The van der Waals surface area contributed by atoms with Crippen LogP contribution in [0.1, 0.15) is 15.4 Å². The molecule has 0 saturated heterocycles. The quantitative estimate of drug-likeness (QED) is 0.489. The molecule has 3 aromatic rings. The van der Waals surface area contributed by atoms with Crippen molar-refractivity contribution < 1.29 is 19.2 Å². The highest BCUT2D eigenvalue weighted by molar-refractivity contribution is 7.15. The Bertz CT molecular complexity index is 941. The van der Waals surface area contributed by atoms with Crippen molar-refractivity contribution in [3.05, 3.63) is 69.2 Å². The number of aromatic nitrogens is 2. The zero-order valence-corrected chi connectivity index (χ0v) is 14.9. The molecule has 138 valence electrons. The van der Waals surface area contributed by atoms with Crippen LogP contribution in [0.15, 0.2) is 48.5 Å². The van der Waals surface area contributed by atoms with Crippen molar-refractivity contribution >= 4 is 28.1 Å². The molecule has 0 aliphatic heterocycles. The number of carbonyl (C=O) groups excluding carboxylic acids is 1. The maximum atomic E-state index is 12.2. The lowest BCUT2D eigenvalue weighted by molar-refractivity contribution is -0.384. The number of nitrogens with one attached hydrogen (secondary N) is 1. The van der Waals surface area contributed by atoms with E-state index in [-0.39, 0.29) is 18.2 Å². The molecule has 2 aromatic carbocycles. The Kier molecular flexibility index (Phi) is 5.57. The first-order chi connectivity index (χ1) is 13.0. The van der Waals surface area contributed by atoms with Gasteiger partial charge < -0.3 is 9.47 Å². The second kappa shape index (κ2) is 8.23. The van der Waals surface area contributed by atoms with Crippen LogP contribution in [0.5, 0.6) is 11.5 Å². The molecule has 1 amide bonds. The van der Waals surface area contributed by atoms with Gasteiger partial charge in [-0.15, -0.1) is 10.2 Å². The van der Waals surface area contributed by atoms with Crippen LogP contribution in [0, 0.1) is 10.1 Å². The molecule has 0 aliphatic carbocycles. The molecule has 0 aliphatic rings. The number of amides is 1. The van der Waals surface area contributed by atoms with Gasteiger partial charge in [-0.1, -0.05) is 11.3 Å². The van der Waals surface area contributed by atoms with Crippen LogP contribution in [0.2, 0.25) is 0 Å². The number of carbonyl (C=O) groups is 1. The van der Waals surface area contributed by atoms with Gasteiger partial charge in [0.1, 0.15) is 18.1 Å². The number of ether oxygens (including phenoxy) is 2. The number of nitro groups is 1. The molecule has 0 saturated carbocycles. The van der Waals surface area contributed by atoms with Gasteiger partial charge in [0.2, 0.25) is 5.13 Å². The average Bonchev–Trinajstić information content (AvgIpc) is 3.14. The molecule has 9 nitrogen and oxygen atoms in total. The minimum absolute atomic E-state index is 0.0122. The third kappa shape index (κ3) is 4.76. The van der Waals surface area contributed by atoms with Crippen molar-refractivity contribution in [3.8, 4) is 11.5 Å². The molecule has 0 spiro atoms. The van der Waals surface area contributed by atoms with E-state index >= 15 is 0 Å². The van der Waals surface area contributed by atoms with Crippen molar-refractivity contribution in [1.82, 2.24) is 10.2 Å². The van der Waals surface area contributed by atoms with Crippen molar-refractivity contribution in [2.45, 2.75) is 6.61 Å². The summed E-state index contributed by atoms with van der Waals surface area (Å²) in [6.45, 7) is 0.133. The number of nitrogens with zero attached hydrogens (tertiary/aromatic N) is 3. The fourth-order valence-corrected chi connectivity index (χ4v) is 2.73. The number of anilines is 1. The lowest BCUT2D eigenvalue weighted by Gasteiger charge is -2.03. The highest BCUT2D eigenvalue weighted by atomic mass is 32.1. The van der Waals surface area contributed by atoms with E-state index in [1.165, 1.54) is 35.6 Å². The van der Waals surface area contributed by atoms with Crippen LogP contribution in [0.3, 0.4) is 0 Å². The van der Waals surface area contributed by atoms with Gasteiger partial charge in [-0.2, -0.15) is 0 Å². The third-order valence-corrected chi connectivity index (χ3v) is 4.26. The number of benzene rings is 2. The van der Waals surface area contributed by atoms with Gasteiger partial charge >= 0.3 is 0 Å². The summed E-state index contributed by atoms with van der Waals surface area (Å²) in [5.41, 5.74) is 0.455. The minimum atomic E-state index is -0.480. The van der Waals surface area contributed by atoms with E-state index in [9.17, 15) is 14.9 Å². The summed E-state index contributed by atoms with van der Waals surface area (Å²) in [4.78, 5) is 22.3. The largest absolute Gasteiger partial charge is 0.497 e. The molecular weight excluding hydrogens is 372 g/mol. The molecule has 0 fully saturated rings. The van der Waals surface area contributed by atoms with Gasteiger partial charge in [-0.3, -0.25) is 20.2 Å². The fraction of sp³-hybridized carbons (Fsp3) is 0.118. The normalized spacial score (nSPS) is 10.3. The predicted molar refractivity (Wildman–Crippen MR) is 98.3 cm³/mol. The van der Waals surface area contributed by atoms with E-state index in [4.69, 9.17) is 9.47 Å². The molecule has 0 bridgehead atoms. The number of non-ortho nitro benzene ring substituents is 1. The highest BCUT2D eigenvalue weighted by Gasteiger charge is 2.11. The summed E-state index contributed by atoms with van der Waals surface area (Å²) in [6, 6.07) is 12.4. The summed E-state index contributed by atoms with van der Waals surface area (Å²) in [5, 5.41) is 22.1. The first-order valence-electron chi connectivity index (χ1n) is 7.70. The molecule has 10 heteroatoms. The second-order valence-corrected chi connectivity index (χ2v) is 6.29. The van der Waals surface area contributed by atoms with Crippen LogP contribution >= 0.6 is 11.3 Å². The molecular formula is C17H14N4O5S. The zero-order valence-electron chi connectivity index (χ0n) is 14.1. The van der Waals surface area contributed by atoms with E-state index in [1.807, 2.05) is 0 Å². The predicted octanol–water partition coefficient (Wildman–Crippen LogP) is 3.29. The van der Waals surface area contributed by atoms with Crippen LogP contribution in [0.4, 0.5) is 10.8 Å². The van der Waals surface area contributed by atoms with E-state index in [1.54, 1.807) is 31.4 Å². The highest BCUT2D eigenvalue weighted by Crippen LogP contribution is 2.21. The smallest absolute Gasteiger partial charge is 0.269 e. The van der Waals surface area contributed by atoms with Gasteiger partial charge in [-0.05, 0) is 36.4 Å². The molecule has 1 aromatic heterocycles.